The molecule has 2 aromatic carbocycles. The van der Waals surface area contributed by atoms with E-state index < -0.39 is 35.8 Å². The zero-order valence-corrected chi connectivity index (χ0v) is 24.7. The molecular formula is C31H39F6N3O3. The van der Waals surface area contributed by atoms with Crippen molar-refractivity contribution in [2.24, 2.45) is 0 Å². The number of rotatable bonds is 9. The number of likely N-dealkylation sites (N-methyl/N-ethyl adjacent to an activating group) is 1. The molecule has 43 heavy (non-hydrogen) atoms. The van der Waals surface area contributed by atoms with Gasteiger partial charge in [0.1, 0.15) is 0 Å². The van der Waals surface area contributed by atoms with Gasteiger partial charge in [0.05, 0.1) is 37.8 Å². The molecule has 2 heterocycles. The fourth-order valence-electron chi connectivity index (χ4n) is 6.13. The highest BCUT2D eigenvalue weighted by Gasteiger charge is 2.37. The van der Waals surface area contributed by atoms with E-state index in [4.69, 9.17) is 9.47 Å². The summed E-state index contributed by atoms with van der Waals surface area (Å²) in [6, 6.07) is 7.03. The number of alkyl halides is 6. The third-order valence-corrected chi connectivity index (χ3v) is 8.51. The Balaban J connectivity index is 1.55. The van der Waals surface area contributed by atoms with Gasteiger partial charge in [0.15, 0.2) is 11.5 Å². The predicted octanol–water partition coefficient (Wildman–Crippen LogP) is 6.43. The van der Waals surface area contributed by atoms with Gasteiger partial charge in [-0.3, -0.25) is 9.69 Å². The number of piperidine rings is 2. The third-order valence-electron chi connectivity index (χ3n) is 8.51. The summed E-state index contributed by atoms with van der Waals surface area (Å²) in [4.78, 5) is 19.5. The molecule has 2 fully saturated rings. The summed E-state index contributed by atoms with van der Waals surface area (Å²) in [6.45, 7) is 3.96. The minimum Gasteiger partial charge on any atom is -0.493 e. The number of carbonyl (C=O) groups excluding carboxylic acids is 1. The van der Waals surface area contributed by atoms with Crippen LogP contribution in [0.4, 0.5) is 26.3 Å². The van der Waals surface area contributed by atoms with Crippen LogP contribution in [0.5, 0.6) is 11.5 Å². The number of halogens is 6. The maximum Gasteiger partial charge on any atom is 0.416 e. The minimum atomic E-state index is -4.98. The van der Waals surface area contributed by atoms with Crippen molar-refractivity contribution in [1.29, 1.82) is 0 Å². The molecule has 2 saturated heterocycles. The van der Waals surface area contributed by atoms with Gasteiger partial charge in [-0.15, -0.1) is 0 Å². The molecule has 6 nitrogen and oxygen atoms in total. The molecule has 0 aromatic heterocycles. The summed E-state index contributed by atoms with van der Waals surface area (Å²) < 4.78 is 91.1. The molecule has 238 valence electrons. The van der Waals surface area contributed by atoms with Crippen LogP contribution in [-0.2, 0) is 23.6 Å². The first-order chi connectivity index (χ1) is 20.3. The quantitative estimate of drug-likeness (QED) is 0.304. The molecule has 0 bridgehead atoms. The normalized spacial score (nSPS) is 18.3. The van der Waals surface area contributed by atoms with E-state index in [-0.39, 0.29) is 24.2 Å². The van der Waals surface area contributed by atoms with E-state index in [1.54, 1.807) is 6.07 Å². The van der Waals surface area contributed by atoms with Crippen LogP contribution in [0.3, 0.4) is 0 Å². The van der Waals surface area contributed by atoms with Gasteiger partial charge in [-0.2, -0.15) is 26.3 Å². The summed E-state index contributed by atoms with van der Waals surface area (Å²) >= 11 is 0. The predicted molar refractivity (Wildman–Crippen MR) is 150 cm³/mol. The van der Waals surface area contributed by atoms with Crippen LogP contribution in [0.1, 0.15) is 60.4 Å². The van der Waals surface area contributed by atoms with E-state index in [9.17, 15) is 31.1 Å². The molecule has 0 radical (unpaired) electrons. The first-order valence-corrected chi connectivity index (χ1v) is 14.5. The number of methoxy groups -OCH3 is 2. The van der Waals surface area contributed by atoms with Crippen molar-refractivity contribution in [2.45, 2.75) is 63.0 Å². The van der Waals surface area contributed by atoms with Gasteiger partial charge in [-0.1, -0.05) is 12.5 Å². The summed E-state index contributed by atoms with van der Waals surface area (Å²) in [5.41, 5.74) is -2.35. The van der Waals surface area contributed by atoms with Crippen LogP contribution in [0.15, 0.2) is 36.4 Å². The molecule has 4 rings (SSSR count). The van der Waals surface area contributed by atoms with E-state index in [2.05, 4.69) is 9.80 Å². The van der Waals surface area contributed by atoms with Crippen LogP contribution in [0, 0.1) is 0 Å². The Morgan fingerprint density at radius 1 is 0.860 bits per heavy atom. The standard InChI is InChI=1S/C31H39F6N3O3/c1-38(29(41)17-21-15-23(30(32,33)34)19-24(16-21)31(35,36)37)20-26(22-7-8-27(42-2)28(18-22)43-3)40-13-9-25(10-14-40)39-11-5-4-6-12-39/h7-8,15-16,18-19,25-26H,4-6,9-14,17,20H2,1-3H3. The maximum absolute atomic E-state index is 13.4. The molecule has 2 aliphatic heterocycles. The monoisotopic (exact) mass is 615 g/mol. The number of hydrogen-bond acceptors (Lipinski definition) is 5. The first-order valence-electron chi connectivity index (χ1n) is 14.5. The maximum atomic E-state index is 13.4. The molecule has 2 aliphatic rings. The number of ether oxygens (including phenoxy) is 2. The van der Waals surface area contributed by atoms with Crippen molar-refractivity contribution in [3.63, 3.8) is 0 Å². The van der Waals surface area contributed by atoms with E-state index in [1.807, 2.05) is 12.1 Å². The van der Waals surface area contributed by atoms with Gasteiger partial charge in [0.25, 0.3) is 0 Å². The Morgan fingerprint density at radius 2 is 1.44 bits per heavy atom. The van der Waals surface area contributed by atoms with Gasteiger partial charge >= 0.3 is 12.4 Å². The van der Waals surface area contributed by atoms with Crippen LogP contribution in [0.25, 0.3) is 0 Å². The lowest BCUT2D eigenvalue weighted by molar-refractivity contribution is -0.143. The summed E-state index contributed by atoms with van der Waals surface area (Å²) in [5.74, 6) is 0.482. The fraction of sp³-hybridized carbons (Fsp3) is 0.581. The van der Waals surface area contributed by atoms with Crippen molar-refractivity contribution in [3.8, 4) is 11.5 Å². The van der Waals surface area contributed by atoms with Gasteiger partial charge in [-0.05, 0) is 80.2 Å². The Labute approximate surface area is 248 Å². The zero-order chi connectivity index (χ0) is 31.4. The Kier molecular flexibility index (Phi) is 10.5. The molecule has 1 atom stereocenters. The SMILES string of the molecule is COc1ccc(C(CN(C)C(=O)Cc2cc(C(F)(F)F)cc(C(F)(F)F)c2)N2CCC(N3CCCCC3)CC2)cc1OC. The highest BCUT2D eigenvalue weighted by molar-refractivity contribution is 5.78. The van der Waals surface area contributed by atoms with Crippen LogP contribution >= 0.6 is 0 Å². The van der Waals surface area contributed by atoms with Crippen LogP contribution < -0.4 is 9.47 Å². The number of benzene rings is 2. The Bertz CT molecular complexity index is 1210. The summed E-state index contributed by atoms with van der Waals surface area (Å²) in [7, 11) is 4.58. The largest absolute Gasteiger partial charge is 0.493 e. The average molecular weight is 616 g/mol. The van der Waals surface area contributed by atoms with Crippen molar-refractivity contribution in [3.05, 3.63) is 58.7 Å². The minimum absolute atomic E-state index is 0.0678. The number of hydrogen-bond donors (Lipinski definition) is 0. The second-order valence-electron chi connectivity index (χ2n) is 11.4. The van der Waals surface area contributed by atoms with Crippen LogP contribution in [-0.4, -0.2) is 80.6 Å². The van der Waals surface area contributed by atoms with Crippen molar-refractivity contribution < 1.29 is 40.6 Å². The molecule has 0 N–H and O–H groups in total. The lowest BCUT2D eigenvalue weighted by atomic mass is 9.96. The van der Waals surface area contributed by atoms with Gasteiger partial charge in [0, 0.05) is 32.7 Å². The average Bonchev–Trinajstić information content (AvgIpc) is 2.99. The number of likely N-dealkylation sites (tertiary alicyclic amines) is 2. The second kappa shape index (κ2) is 13.8. The van der Waals surface area contributed by atoms with Gasteiger partial charge in [0.2, 0.25) is 5.91 Å². The molecule has 0 saturated carbocycles. The molecular weight excluding hydrogens is 576 g/mol. The lowest BCUT2D eigenvalue weighted by Gasteiger charge is -2.43. The van der Waals surface area contributed by atoms with E-state index in [0.717, 1.165) is 44.6 Å². The molecule has 1 unspecified atom stereocenters. The Morgan fingerprint density at radius 3 is 1.98 bits per heavy atom. The number of amides is 1. The van der Waals surface area contributed by atoms with Gasteiger partial charge < -0.3 is 19.3 Å². The van der Waals surface area contributed by atoms with Crippen molar-refractivity contribution in [2.75, 3.05) is 54.0 Å². The van der Waals surface area contributed by atoms with Gasteiger partial charge in [-0.25, -0.2) is 0 Å². The zero-order valence-electron chi connectivity index (χ0n) is 24.7. The number of carbonyl (C=O) groups is 1. The summed E-state index contributed by atoms with van der Waals surface area (Å²) in [5, 5.41) is 0. The fourth-order valence-corrected chi connectivity index (χ4v) is 6.13. The highest BCUT2D eigenvalue weighted by atomic mass is 19.4. The van der Waals surface area contributed by atoms with E-state index >= 15 is 0 Å². The van der Waals surface area contributed by atoms with Crippen LogP contribution in [0.2, 0.25) is 0 Å². The summed E-state index contributed by atoms with van der Waals surface area (Å²) in [6.07, 6.45) is -4.96. The lowest BCUT2D eigenvalue weighted by Crippen LogP contribution is -2.49. The highest BCUT2D eigenvalue weighted by Crippen LogP contribution is 2.37. The second-order valence-corrected chi connectivity index (χ2v) is 11.4. The molecule has 0 aliphatic carbocycles. The molecule has 2 aromatic rings. The smallest absolute Gasteiger partial charge is 0.416 e. The van der Waals surface area contributed by atoms with Crippen molar-refractivity contribution in [1.82, 2.24) is 14.7 Å². The molecule has 12 heteroatoms. The topological polar surface area (TPSA) is 45.2 Å². The number of nitrogens with zero attached hydrogens (tertiary/aromatic N) is 3. The Hall–Kier alpha value is -2.99. The first kappa shape index (κ1) is 32.9. The molecule has 1 amide bonds. The molecule has 0 spiro atoms. The van der Waals surface area contributed by atoms with E-state index in [0.29, 0.717) is 29.7 Å². The van der Waals surface area contributed by atoms with Crippen molar-refractivity contribution >= 4 is 5.91 Å². The van der Waals surface area contributed by atoms with E-state index in [1.165, 1.54) is 45.4 Å². The third kappa shape index (κ3) is 8.35.